The van der Waals surface area contributed by atoms with Crippen molar-refractivity contribution in [2.45, 2.75) is 19.4 Å². The Morgan fingerprint density at radius 2 is 2.21 bits per heavy atom. The van der Waals surface area contributed by atoms with Crippen LogP contribution in [0.4, 0.5) is 0 Å². The van der Waals surface area contributed by atoms with E-state index in [0.29, 0.717) is 21.7 Å². The van der Waals surface area contributed by atoms with Gasteiger partial charge in [-0.15, -0.1) is 0 Å². The number of hydrogen-bond acceptors (Lipinski definition) is 3. The van der Waals surface area contributed by atoms with Crippen molar-refractivity contribution in [1.82, 2.24) is 4.90 Å². The molecule has 0 radical (unpaired) electrons. The molecule has 1 aromatic rings. The van der Waals surface area contributed by atoms with Gasteiger partial charge in [-0.3, -0.25) is 4.90 Å². The van der Waals surface area contributed by atoms with Crippen molar-refractivity contribution in [3.63, 3.8) is 0 Å². The molecule has 3 nitrogen and oxygen atoms in total. The van der Waals surface area contributed by atoms with E-state index in [4.69, 9.17) is 27.9 Å². The standard InChI is InChI=1S/C14H19Cl2NO2/c1-19-14-11(5-12(15)6-13(14)16)8-17-4-2-3-10(7-17)9-18/h5-6,10,18H,2-4,7-9H2,1H3. The van der Waals surface area contributed by atoms with Crippen LogP contribution in [-0.4, -0.2) is 36.8 Å². The largest absolute Gasteiger partial charge is 0.495 e. The predicted molar refractivity (Wildman–Crippen MR) is 78.1 cm³/mol. The second kappa shape index (κ2) is 6.80. The van der Waals surface area contributed by atoms with Crippen molar-refractivity contribution < 1.29 is 9.84 Å². The first-order valence-corrected chi connectivity index (χ1v) is 7.24. The number of rotatable bonds is 4. The highest BCUT2D eigenvalue weighted by molar-refractivity contribution is 6.35. The van der Waals surface area contributed by atoms with Crippen LogP contribution in [0.1, 0.15) is 18.4 Å². The van der Waals surface area contributed by atoms with Crippen LogP contribution in [0.5, 0.6) is 5.75 Å². The molecule has 1 saturated heterocycles. The fourth-order valence-corrected chi connectivity index (χ4v) is 3.26. The third-order valence-electron chi connectivity index (χ3n) is 3.54. The Balaban J connectivity index is 2.14. The van der Waals surface area contributed by atoms with Gasteiger partial charge in [-0.25, -0.2) is 0 Å². The highest BCUT2D eigenvalue weighted by Crippen LogP contribution is 2.33. The Bertz CT molecular complexity index is 440. The van der Waals surface area contributed by atoms with E-state index in [-0.39, 0.29) is 6.61 Å². The molecule has 0 saturated carbocycles. The lowest BCUT2D eigenvalue weighted by Crippen LogP contribution is -2.36. The highest BCUT2D eigenvalue weighted by Gasteiger charge is 2.21. The van der Waals surface area contributed by atoms with Crippen LogP contribution in [0.15, 0.2) is 12.1 Å². The number of hydrogen-bond donors (Lipinski definition) is 1. The molecule has 0 spiro atoms. The number of aliphatic hydroxyl groups is 1. The van der Waals surface area contributed by atoms with Gasteiger partial charge in [0.2, 0.25) is 0 Å². The van der Waals surface area contributed by atoms with Gasteiger partial charge in [-0.2, -0.15) is 0 Å². The molecule has 0 aromatic heterocycles. The Hall–Kier alpha value is -0.480. The summed E-state index contributed by atoms with van der Waals surface area (Å²) in [6, 6.07) is 3.59. The summed E-state index contributed by atoms with van der Waals surface area (Å²) in [5, 5.41) is 10.4. The number of ether oxygens (including phenoxy) is 1. The summed E-state index contributed by atoms with van der Waals surface area (Å²) in [6.45, 7) is 2.94. The average Bonchev–Trinajstić information content (AvgIpc) is 2.38. The van der Waals surface area contributed by atoms with E-state index in [0.717, 1.165) is 38.0 Å². The lowest BCUT2D eigenvalue weighted by atomic mass is 9.98. The Kier molecular flexibility index (Phi) is 5.34. The van der Waals surface area contributed by atoms with Crippen molar-refractivity contribution in [2.75, 3.05) is 26.8 Å². The van der Waals surface area contributed by atoms with Gasteiger partial charge in [0.15, 0.2) is 0 Å². The Morgan fingerprint density at radius 1 is 1.42 bits per heavy atom. The summed E-state index contributed by atoms with van der Waals surface area (Å²) in [6.07, 6.45) is 2.21. The minimum atomic E-state index is 0.254. The van der Waals surface area contributed by atoms with Crippen LogP contribution in [0.3, 0.4) is 0 Å². The summed E-state index contributed by atoms with van der Waals surface area (Å²) in [5.74, 6) is 1.06. The van der Waals surface area contributed by atoms with Gasteiger partial charge in [0.05, 0.1) is 12.1 Å². The molecule has 1 fully saturated rings. The molecule has 1 N–H and O–H groups in total. The van der Waals surface area contributed by atoms with Crippen LogP contribution in [-0.2, 0) is 6.54 Å². The third kappa shape index (κ3) is 3.76. The smallest absolute Gasteiger partial charge is 0.142 e. The third-order valence-corrected chi connectivity index (χ3v) is 4.04. The molecule has 1 unspecified atom stereocenters. The SMILES string of the molecule is COc1c(Cl)cc(Cl)cc1CN1CCCC(CO)C1. The fraction of sp³-hybridized carbons (Fsp3) is 0.571. The first-order valence-electron chi connectivity index (χ1n) is 6.49. The summed E-state index contributed by atoms with van der Waals surface area (Å²) in [4.78, 5) is 2.31. The first kappa shape index (κ1) is 14.9. The summed E-state index contributed by atoms with van der Waals surface area (Å²) < 4.78 is 5.36. The quantitative estimate of drug-likeness (QED) is 0.927. The average molecular weight is 304 g/mol. The molecule has 2 rings (SSSR count). The number of piperidine rings is 1. The van der Waals surface area contributed by atoms with Crippen LogP contribution >= 0.6 is 23.2 Å². The maximum absolute atomic E-state index is 9.27. The molecule has 5 heteroatoms. The summed E-state index contributed by atoms with van der Waals surface area (Å²) in [7, 11) is 1.62. The van der Waals surface area contributed by atoms with Crippen molar-refractivity contribution in [3.05, 3.63) is 27.7 Å². The van der Waals surface area contributed by atoms with Gasteiger partial charge in [-0.1, -0.05) is 23.2 Å². The second-order valence-electron chi connectivity index (χ2n) is 5.01. The molecule has 106 valence electrons. The zero-order valence-corrected chi connectivity index (χ0v) is 12.5. The van der Waals surface area contributed by atoms with Gasteiger partial charge in [0, 0.05) is 30.3 Å². The van der Waals surface area contributed by atoms with E-state index < -0.39 is 0 Å². The normalized spacial score (nSPS) is 20.5. The molecule has 19 heavy (non-hydrogen) atoms. The maximum atomic E-state index is 9.27. The molecule has 1 atom stereocenters. The van der Waals surface area contributed by atoms with Gasteiger partial charge < -0.3 is 9.84 Å². The summed E-state index contributed by atoms with van der Waals surface area (Å²) in [5.41, 5.74) is 0.999. The Morgan fingerprint density at radius 3 is 2.89 bits per heavy atom. The molecule has 1 aromatic carbocycles. The van der Waals surface area contributed by atoms with Crippen LogP contribution in [0.25, 0.3) is 0 Å². The molecular weight excluding hydrogens is 285 g/mol. The van der Waals surface area contributed by atoms with Gasteiger partial charge in [0.1, 0.15) is 5.75 Å². The topological polar surface area (TPSA) is 32.7 Å². The zero-order chi connectivity index (χ0) is 13.8. The number of likely N-dealkylation sites (tertiary alicyclic amines) is 1. The summed E-state index contributed by atoms with van der Waals surface area (Å²) >= 11 is 12.2. The van der Waals surface area contributed by atoms with E-state index in [1.54, 1.807) is 13.2 Å². The molecular formula is C14H19Cl2NO2. The van der Waals surface area contributed by atoms with Gasteiger partial charge in [0.25, 0.3) is 0 Å². The van der Waals surface area contributed by atoms with Crippen LogP contribution < -0.4 is 4.74 Å². The lowest BCUT2D eigenvalue weighted by molar-refractivity contribution is 0.115. The molecule has 0 amide bonds. The van der Waals surface area contributed by atoms with Crippen molar-refractivity contribution in [1.29, 1.82) is 0 Å². The fourth-order valence-electron chi connectivity index (χ4n) is 2.64. The number of halogens is 2. The zero-order valence-electron chi connectivity index (χ0n) is 11.0. The van der Waals surface area contributed by atoms with Crippen LogP contribution in [0.2, 0.25) is 10.0 Å². The lowest BCUT2D eigenvalue weighted by Gasteiger charge is -2.32. The molecule has 1 heterocycles. The number of aliphatic hydroxyl groups excluding tert-OH is 1. The Labute approximate surface area is 124 Å². The second-order valence-corrected chi connectivity index (χ2v) is 5.85. The number of benzene rings is 1. The van der Waals surface area contributed by atoms with E-state index in [9.17, 15) is 5.11 Å². The van der Waals surface area contributed by atoms with E-state index >= 15 is 0 Å². The molecule has 0 aliphatic carbocycles. The highest BCUT2D eigenvalue weighted by atomic mass is 35.5. The van der Waals surface area contributed by atoms with E-state index in [2.05, 4.69) is 4.90 Å². The monoisotopic (exact) mass is 303 g/mol. The molecule has 1 aliphatic rings. The predicted octanol–water partition coefficient (Wildman–Crippen LogP) is 3.21. The number of methoxy groups -OCH3 is 1. The maximum Gasteiger partial charge on any atom is 0.142 e. The molecule has 1 aliphatic heterocycles. The minimum Gasteiger partial charge on any atom is -0.495 e. The first-order chi connectivity index (χ1) is 9.13. The van der Waals surface area contributed by atoms with E-state index in [1.165, 1.54) is 0 Å². The van der Waals surface area contributed by atoms with Crippen LogP contribution in [0, 0.1) is 5.92 Å². The van der Waals surface area contributed by atoms with E-state index in [1.807, 2.05) is 6.07 Å². The van der Waals surface area contributed by atoms with Crippen molar-refractivity contribution >= 4 is 23.2 Å². The van der Waals surface area contributed by atoms with Gasteiger partial charge in [-0.05, 0) is 37.4 Å². The number of nitrogens with zero attached hydrogens (tertiary/aromatic N) is 1. The molecule has 0 bridgehead atoms. The minimum absolute atomic E-state index is 0.254. The van der Waals surface area contributed by atoms with Crippen molar-refractivity contribution in [2.24, 2.45) is 5.92 Å². The van der Waals surface area contributed by atoms with Crippen molar-refractivity contribution in [3.8, 4) is 5.75 Å². The van der Waals surface area contributed by atoms with Gasteiger partial charge >= 0.3 is 0 Å².